The van der Waals surface area contributed by atoms with Crippen LogP contribution in [0.4, 0.5) is 0 Å². The van der Waals surface area contributed by atoms with E-state index in [0.717, 1.165) is 22.6 Å². The largest absolute Gasteiger partial charge is 0.504 e. The monoisotopic (exact) mass is 293 g/mol. The number of hydrogen-bond acceptors (Lipinski definition) is 4. The van der Waals surface area contributed by atoms with Gasteiger partial charge in [-0.2, -0.15) is 0 Å². The van der Waals surface area contributed by atoms with Crippen LogP contribution in [0, 0.1) is 0 Å². The maximum Gasteiger partial charge on any atom is 0.167 e. The molecule has 3 aromatic rings. The summed E-state index contributed by atoms with van der Waals surface area (Å²) in [6.45, 7) is 0. The van der Waals surface area contributed by atoms with Gasteiger partial charge in [-0.1, -0.05) is 47.6 Å². The highest BCUT2D eigenvalue weighted by atomic mass is 16.5. The molecule has 0 amide bonds. The van der Waals surface area contributed by atoms with Gasteiger partial charge in [-0.15, -0.1) is 0 Å². The van der Waals surface area contributed by atoms with Crippen molar-refractivity contribution in [3.63, 3.8) is 0 Å². The highest BCUT2D eigenvalue weighted by Crippen LogP contribution is 2.27. The molecule has 0 bridgehead atoms. The van der Waals surface area contributed by atoms with Gasteiger partial charge in [-0.3, -0.25) is 0 Å². The van der Waals surface area contributed by atoms with E-state index in [1.807, 2.05) is 48.6 Å². The second-order valence-electron chi connectivity index (χ2n) is 4.75. The molecule has 0 aliphatic carbocycles. The van der Waals surface area contributed by atoms with Crippen LogP contribution in [-0.2, 0) is 0 Å². The fourth-order valence-corrected chi connectivity index (χ4v) is 2.09. The van der Waals surface area contributed by atoms with Gasteiger partial charge in [0.2, 0.25) is 0 Å². The van der Waals surface area contributed by atoms with Gasteiger partial charge in [0.05, 0.1) is 7.11 Å². The van der Waals surface area contributed by atoms with Crippen molar-refractivity contribution in [3.05, 3.63) is 65.9 Å². The van der Waals surface area contributed by atoms with E-state index in [0.29, 0.717) is 5.75 Å². The van der Waals surface area contributed by atoms with Crippen molar-refractivity contribution in [2.75, 3.05) is 7.11 Å². The Bertz CT molecular complexity index is 791. The van der Waals surface area contributed by atoms with E-state index >= 15 is 0 Å². The van der Waals surface area contributed by atoms with Crippen LogP contribution in [0.3, 0.4) is 0 Å². The molecule has 0 fully saturated rings. The molecule has 1 aromatic heterocycles. The van der Waals surface area contributed by atoms with Crippen LogP contribution in [0.1, 0.15) is 11.3 Å². The molecule has 0 aliphatic heterocycles. The Balaban J connectivity index is 1.80. The SMILES string of the molecule is COc1cc(C=Cc2cc(-c3ccccc3)on2)ccc1O. The van der Waals surface area contributed by atoms with Crippen molar-refractivity contribution in [3.8, 4) is 22.8 Å². The lowest BCUT2D eigenvalue weighted by atomic mass is 10.1. The van der Waals surface area contributed by atoms with E-state index in [1.165, 1.54) is 7.11 Å². The summed E-state index contributed by atoms with van der Waals surface area (Å²) >= 11 is 0. The van der Waals surface area contributed by atoms with Crippen LogP contribution in [0.2, 0.25) is 0 Å². The first-order chi connectivity index (χ1) is 10.8. The van der Waals surface area contributed by atoms with Gasteiger partial charge in [-0.05, 0) is 23.8 Å². The van der Waals surface area contributed by atoms with E-state index in [2.05, 4.69) is 5.16 Å². The Morgan fingerprint density at radius 3 is 2.64 bits per heavy atom. The van der Waals surface area contributed by atoms with Crippen LogP contribution in [0.25, 0.3) is 23.5 Å². The van der Waals surface area contributed by atoms with Crippen molar-refractivity contribution in [1.29, 1.82) is 0 Å². The first-order valence-electron chi connectivity index (χ1n) is 6.83. The summed E-state index contributed by atoms with van der Waals surface area (Å²) in [4.78, 5) is 0. The number of benzene rings is 2. The lowest BCUT2D eigenvalue weighted by Crippen LogP contribution is -1.84. The molecule has 0 atom stereocenters. The predicted octanol–water partition coefficient (Wildman–Crippen LogP) is 4.23. The van der Waals surface area contributed by atoms with Gasteiger partial charge in [0.15, 0.2) is 17.3 Å². The highest BCUT2D eigenvalue weighted by Gasteiger charge is 2.04. The molecule has 0 saturated heterocycles. The van der Waals surface area contributed by atoms with E-state index in [-0.39, 0.29) is 5.75 Å². The lowest BCUT2D eigenvalue weighted by molar-refractivity contribution is 0.373. The normalized spacial score (nSPS) is 11.0. The summed E-state index contributed by atoms with van der Waals surface area (Å²) in [6, 6.07) is 16.8. The topological polar surface area (TPSA) is 55.5 Å². The minimum absolute atomic E-state index is 0.118. The second kappa shape index (κ2) is 6.18. The maximum absolute atomic E-state index is 9.57. The number of aromatic nitrogens is 1. The predicted molar refractivity (Wildman–Crippen MR) is 85.5 cm³/mol. The van der Waals surface area contributed by atoms with Crippen LogP contribution in [-0.4, -0.2) is 17.4 Å². The summed E-state index contributed by atoms with van der Waals surface area (Å²) in [6.07, 6.45) is 3.73. The van der Waals surface area contributed by atoms with Crippen molar-refractivity contribution >= 4 is 12.2 Å². The fourth-order valence-electron chi connectivity index (χ4n) is 2.09. The van der Waals surface area contributed by atoms with Gasteiger partial charge < -0.3 is 14.4 Å². The van der Waals surface area contributed by atoms with Crippen molar-refractivity contribution < 1.29 is 14.4 Å². The number of methoxy groups -OCH3 is 1. The van der Waals surface area contributed by atoms with E-state index < -0.39 is 0 Å². The maximum atomic E-state index is 9.57. The zero-order valence-corrected chi connectivity index (χ0v) is 12.1. The van der Waals surface area contributed by atoms with Crippen LogP contribution in [0.5, 0.6) is 11.5 Å². The average molecular weight is 293 g/mol. The van der Waals surface area contributed by atoms with Gasteiger partial charge in [0, 0.05) is 11.6 Å². The summed E-state index contributed by atoms with van der Waals surface area (Å²) in [5.74, 6) is 1.28. The second-order valence-corrected chi connectivity index (χ2v) is 4.75. The molecule has 4 heteroatoms. The average Bonchev–Trinajstić information content (AvgIpc) is 3.04. The van der Waals surface area contributed by atoms with Crippen molar-refractivity contribution in [2.45, 2.75) is 0 Å². The van der Waals surface area contributed by atoms with Crippen molar-refractivity contribution in [2.24, 2.45) is 0 Å². The Morgan fingerprint density at radius 2 is 1.86 bits per heavy atom. The Labute approximate surface area is 128 Å². The molecule has 0 unspecified atom stereocenters. The number of aromatic hydroxyl groups is 1. The molecule has 0 saturated carbocycles. The minimum Gasteiger partial charge on any atom is -0.504 e. The third kappa shape index (κ3) is 3.01. The van der Waals surface area contributed by atoms with Crippen LogP contribution >= 0.6 is 0 Å². The number of phenolic OH excluding ortho intramolecular Hbond substituents is 1. The number of hydrogen-bond donors (Lipinski definition) is 1. The molecule has 0 aliphatic rings. The molecule has 2 aromatic carbocycles. The lowest BCUT2D eigenvalue weighted by Gasteiger charge is -2.03. The number of nitrogens with zero attached hydrogens (tertiary/aromatic N) is 1. The van der Waals surface area contributed by atoms with Gasteiger partial charge in [-0.25, -0.2) is 0 Å². The molecule has 22 heavy (non-hydrogen) atoms. The van der Waals surface area contributed by atoms with Gasteiger partial charge >= 0.3 is 0 Å². The quantitative estimate of drug-likeness (QED) is 0.782. The zero-order chi connectivity index (χ0) is 15.4. The molecule has 110 valence electrons. The number of phenols is 1. The van der Waals surface area contributed by atoms with E-state index in [1.54, 1.807) is 18.2 Å². The Morgan fingerprint density at radius 1 is 1.05 bits per heavy atom. The van der Waals surface area contributed by atoms with Crippen LogP contribution in [0.15, 0.2) is 59.1 Å². The van der Waals surface area contributed by atoms with Gasteiger partial charge in [0.1, 0.15) is 5.69 Å². The molecular weight excluding hydrogens is 278 g/mol. The standard InChI is InChI=1S/C18H15NO3/c1-21-18-11-13(8-10-16(18)20)7-9-15-12-17(22-19-15)14-5-3-2-4-6-14/h2-12,20H,1H3. The smallest absolute Gasteiger partial charge is 0.167 e. The van der Waals surface area contributed by atoms with Gasteiger partial charge in [0.25, 0.3) is 0 Å². The Hall–Kier alpha value is -3.01. The summed E-state index contributed by atoms with van der Waals surface area (Å²) in [5, 5.41) is 13.6. The molecule has 1 heterocycles. The summed E-state index contributed by atoms with van der Waals surface area (Å²) in [5.41, 5.74) is 2.62. The fraction of sp³-hybridized carbons (Fsp3) is 0.0556. The molecular formula is C18H15NO3. The first-order valence-corrected chi connectivity index (χ1v) is 6.83. The number of rotatable bonds is 4. The molecule has 1 N–H and O–H groups in total. The summed E-state index contributed by atoms with van der Waals surface area (Å²) < 4.78 is 10.4. The molecule has 0 spiro atoms. The molecule has 3 rings (SSSR count). The van der Waals surface area contributed by atoms with E-state index in [9.17, 15) is 5.11 Å². The third-order valence-electron chi connectivity index (χ3n) is 3.24. The number of ether oxygens (including phenoxy) is 1. The zero-order valence-electron chi connectivity index (χ0n) is 12.1. The highest BCUT2D eigenvalue weighted by molar-refractivity contribution is 5.71. The summed E-state index contributed by atoms with van der Waals surface area (Å²) in [7, 11) is 1.52. The first kappa shape index (κ1) is 13.9. The van der Waals surface area contributed by atoms with Crippen LogP contribution < -0.4 is 4.74 Å². The van der Waals surface area contributed by atoms with E-state index in [4.69, 9.17) is 9.26 Å². The van der Waals surface area contributed by atoms with Crippen molar-refractivity contribution in [1.82, 2.24) is 5.16 Å². The third-order valence-corrected chi connectivity index (χ3v) is 3.24. The molecule has 4 nitrogen and oxygen atoms in total. The Kier molecular flexibility index (Phi) is 3.92. The minimum atomic E-state index is 0.118. The molecule has 0 radical (unpaired) electrons.